The molecular weight excluding hydrogens is 104 g/mol. The molecule has 0 amide bonds. The van der Waals surface area contributed by atoms with Crippen molar-refractivity contribution in [3.8, 4) is 0 Å². The van der Waals surface area contributed by atoms with Gasteiger partial charge in [-0.25, -0.2) is 4.98 Å². The Morgan fingerprint density at radius 3 is 2.86 bits per heavy atom. The molecule has 0 bridgehead atoms. The van der Waals surface area contributed by atoms with E-state index in [-0.39, 0.29) is 0 Å². The number of aromatic nitrogens is 2. The minimum absolute atomic E-state index is 1.15. The van der Waals surface area contributed by atoms with Gasteiger partial charge in [-0.2, -0.15) is 0 Å². The SMILES string of the molecule is [SiH3]Cn1ccnc1. The van der Waals surface area contributed by atoms with Crippen LogP contribution in [0.4, 0.5) is 0 Å². The number of hydrogen-bond donors (Lipinski definition) is 0. The minimum Gasteiger partial charge on any atom is -0.341 e. The summed E-state index contributed by atoms with van der Waals surface area (Å²) in [5, 5.41) is 0. The molecule has 0 saturated heterocycles. The summed E-state index contributed by atoms with van der Waals surface area (Å²) in [6.45, 7) is 0. The Morgan fingerprint density at radius 1 is 1.71 bits per heavy atom. The van der Waals surface area contributed by atoms with Crippen LogP contribution in [-0.2, 0) is 6.17 Å². The Kier molecular flexibility index (Phi) is 1.26. The van der Waals surface area contributed by atoms with E-state index in [2.05, 4.69) is 9.55 Å². The van der Waals surface area contributed by atoms with Crippen molar-refractivity contribution in [2.45, 2.75) is 6.17 Å². The van der Waals surface area contributed by atoms with Crippen molar-refractivity contribution in [1.29, 1.82) is 0 Å². The molecule has 0 unspecified atom stereocenters. The highest BCUT2D eigenvalue weighted by atomic mass is 28.1. The lowest BCUT2D eigenvalue weighted by molar-refractivity contribution is 0.880. The molecule has 0 aliphatic heterocycles. The molecular formula is C4H8N2Si. The van der Waals surface area contributed by atoms with Crippen LogP contribution in [0.1, 0.15) is 0 Å². The van der Waals surface area contributed by atoms with Gasteiger partial charge in [-0.15, -0.1) is 0 Å². The summed E-state index contributed by atoms with van der Waals surface area (Å²) in [6.07, 6.45) is 6.78. The van der Waals surface area contributed by atoms with Gasteiger partial charge in [-0.3, -0.25) is 0 Å². The lowest BCUT2D eigenvalue weighted by Gasteiger charge is -1.87. The molecule has 1 aromatic rings. The van der Waals surface area contributed by atoms with Crippen molar-refractivity contribution < 1.29 is 0 Å². The third kappa shape index (κ3) is 0.897. The average molecular weight is 112 g/mol. The van der Waals surface area contributed by atoms with Crippen molar-refractivity contribution in [2.24, 2.45) is 0 Å². The summed E-state index contributed by atoms with van der Waals surface area (Å²) in [4.78, 5) is 3.88. The molecule has 0 saturated carbocycles. The van der Waals surface area contributed by atoms with Crippen LogP contribution in [0.15, 0.2) is 18.7 Å². The van der Waals surface area contributed by atoms with Gasteiger partial charge in [0.1, 0.15) is 0 Å². The Morgan fingerprint density at radius 2 is 2.57 bits per heavy atom. The summed E-state index contributed by atoms with van der Waals surface area (Å²) in [5.41, 5.74) is 0. The zero-order valence-electron chi connectivity index (χ0n) is 4.33. The van der Waals surface area contributed by atoms with Gasteiger partial charge in [0.2, 0.25) is 0 Å². The number of rotatable bonds is 1. The molecule has 2 nitrogen and oxygen atoms in total. The van der Waals surface area contributed by atoms with Crippen LogP contribution in [0.2, 0.25) is 0 Å². The largest absolute Gasteiger partial charge is 0.341 e. The summed E-state index contributed by atoms with van der Waals surface area (Å²) in [6, 6.07) is 0. The van der Waals surface area contributed by atoms with Gasteiger partial charge >= 0.3 is 0 Å². The van der Waals surface area contributed by atoms with E-state index < -0.39 is 0 Å². The van der Waals surface area contributed by atoms with Crippen molar-refractivity contribution in [3.05, 3.63) is 18.7 Å². The quantitative estimate of drug-likeness (QED) is 0.435. The average Bonchev–Trinajstić information content (AvgIpc) is 2.14. The summed E-state index contributed by atoms with van der Waals surface area (Å²) in [7, 11) is 1.21. The fraction of sp³-hybridized carbons (Fsp3) is 0.250. The third-order valence-electron chi connectivity index (χ3n) is 0.924. The zero-order chi connectivity index (χ0) is 5.11. The van der Waals surface area contributed by atoms with Crippen LogP contribution >= 0.6 is 0 Å². The highest BCUT2D eigenvalue weighted by Crippen LogP contribution is 1.78. The van der Waals surface area contributed by atoms with Crippen LogP contribution in [-0.4, -0.2) is 19.8 Å². The molecule has 0 aliphatic rings. The fourth-order valence-electron chi connectivity index (χ4n) is 0.474. The second kappa shape index (κ2) is 1.93. The Labute approximate surface area is 45.6 Å². The van der Waals surface area contributed by atoms with E-state index in [0.29, 0.717) is 0 Å². The summed E-state index contributed by atoms with van der Waals surface area (Å²) < 4.78 is 2.08. The minimum atomic E-state index is 1.15. The first kappa shape index (κ1) is 4.58. The summed E-state index contributed by atoms with van der Waals surface area (Å²) >= 11 is 0. The maximum atomic E-state index is 3.88. The van der Waals surface area contributed by atoms with Gasteiger partial charge < -0.3 is 4.57 Å². The molecule has 38 valence electrons. The van der Waals surface area contributed by atoms with Gasteiger partial charge in [0.15, 0.2) is 0 Å². The standard InChI is InChI=1S/C4H8N2Si/c7-4-6-2-1-5-3-6/h1-3H,4H2,7H3. The second-order valence-electron chi connectivity index (χ2n) is 1.39. The molecule has 0 aliphatic carbocycles. The Hall–Kier alpha value is -0.573. The van der Waals surface area contributed by atoms with Crippen molar-refractivity contribution in [1.82, 2.24) is 9.55 Å². The molecule has 1 aromatic heterocycles. The highest BCUT2D eigenvalue weighted by molar-refractivity contribution is 6.06. The molecule has 0 radical (unpaired) electrons. The first-order valence-corrected chi connectivity index (χ1v) is 3.80. The number of nitrogens with zero attached hydrogens (tertiary/aromatic N) is 2. The maximum Gasteiger partial charge on any atom is 0.0942 e. The van der Waals surface area contributed by atoms with Crippen molar-refractivity contribution in [3.63, 3.8) is 0 Å². The second-order valence-corrected chi connectivity index (χ2v) is 2.03. The van der Waals surface area contributed by atoms with E-state index in [0.717, 1.165) is 6.17 Å². The Balaban J connectivity index is 2.76. The van der Waals surface area contributed by atoms with Crippen LogP contribution in [0.25, 0.3) is 0 Å². The molecule has 1 heterocycles. The predicted molar refractivity (Wildman–Crippen MR) is 32.2 cm³/mol. The van der Waals surface area contributed by atoms with Crippen molar-refractivity contribution >= 4 is 10.2 Å². The third-order valence-corrected chi connectivity index (χ3v) is 1.65. The Bertz CT molecular complexity index is 124. The van der Waals surface area contributed by atoms with Gasteiger partial charge in [-0.1, -0.05) is 0 Å². The molecule has 0 atom stereocenters. The van der Waals surface area contributed by atoms with E-state index in [1.807, 2.05) is 12.5 Å². The van der Waals surface area contributed by atoms with E-state index in [1.165, 1.54) is 10.2 Å². The van der Waals surface area contributed by atoms with E-state index in [4.69, 9.17) is 0 Å². The fourth-order valence-corrected chi connectivity index (χ4v) is 0.848. The molecule has 1 rings (SSSR count). The van der Waals surface area contributed by atoms with E-state index >= 15 is 0 Å². The van der Waals surface area contributed by atoms with E-state index in [1.54, 1.807) is 6.20 Å². The molecule has 3 heteroatoms. The lowest BCUT2D eigenvalue weighted by atomic mass is 10.9. The van der Waals surface area contributed by atoms with Crippen molar-refractivity contribution in [2.75, 3.05) is 0 Å². The number of imidazole rings is 1. The summed E-state index contributed by atoms with van der Waals surface area (Å²) in [5.74, 6) is 0. The topological polar surface area (TPSA) is 17.8 Å². The van der Waals surface area contributed by atoms with Crippen LogP contribution in [0.5, 0.6) is 0 Å². The van der Waals surface area contributed by atoms with Crippen LogP contribution < -0.4 is 0 Å². The molecule has 0 fully saturated rings. The lowest BCUT2D eigenvalue weighted by Crippen LogP contribution is -1.90. The normalized spacial score (nSPS) is 9.71. The van der Waals surface area contributed by atoms with Gasteiger partial charge in [-0.05, 0) is 0 Å². The van der Waals surface area contributed by atoms with Gasteiger partial charge in [0, 0.05) is 28.8 Å². The molecule has 0 N–H and O–H groups in total. The molecule has 0 aromatic carbocycles. The zero-order valence-corrected chi connectivity index (χ0v) is 6.33. The highest BCUT2D eigenvalue weighted by Gasteiger charge is 1.77. The first-order chi connectivity index (χ1) is 3.43. The van der Waals surface area contributed by atoms with Gasteiger partial charge in [0.25, 0.3) is 0 Å². The predicted octanol–water partition coefficient (Wildman–Crippen LogP) is -0.794. The maximum absolute atomic E-state index is 3.88. The molecule has 7 heavy (non-hydrogen) atoms. The van der Waals surface area contributed by atoms with Crippen LogP contribution in [0, 0.1) is 0 Å². The number of hydrogen-bond acceptors (Lipinski definition) is 1. The van der Waals surface area contributed by atoms with E-state index in [9.17, 15) is 0 Å². The molecule has 0 spiro atoms. The van der Waals surface area contributed by atoms with Crippen LogP contribution in [0.3, 0.4) is 0 Å². The van der Waals surface area contributed by atoms with Gasteiger partial charge in [0.05, 0.1) is 6.33 Å². The smallest absolute Gasteiger partial charge is 0.0942 e. The monoisotopic (exact) mass is 112 g/mol. The first-order valence-electron chi connectivity index (χ1n) is 2.39.